The van der Waals surface area contributed by atoms with Crippen LogP contribution in [0.25, 0.3) is 0 Å². The number of likely N-dealkylation sites (N-methyl/N-ethyl adjacent to an activating group) is 1. The number of carboxylic acids is 1. The lowest BCUT2D eigenvalue weighted by Crippen LogP contribution is -2.48. The molecule has 4 unspecified atom stereocenters. The van der Waals surface area contributed by atoms with E-state index in [0.717, 1.165) is 54.7 Å². The number of aryl methyl sites for hydroxylation is 1. The number of esters is 1. The minimum atomic E-state index is -1.04. The normalized spacial score (nSPS) is 16.3. The molecule has 1 aromatic carbocycles. The van der Waals surface area contributed by atoms with E-state index in [4.69, 9.17) is 9.47 Å². The van der Waals surface area contributed by atoms with Crippen LogP contribution in [0.3, 0.4) is 0 Å². The van der Waals surface area contributed by atoms with E-state index in [2.05, 4.69) is 31.2 Å². The second kappa shape index (κ2) is 36.0. The van der Waals surface area contributed by atoms with Crippen LogP contribution in [0.1, 0.15) is 191 Å². The van der Waals surface area contributed by atoms with E-state index >= 15 is 0 Å². The summed E-state index contributed by atoms with van der Waals surface area (Å²) in [6, 6.07) is 4.16. The first-order valence-corrected chi connectivity index (χ1v) is 30.1. The Morgan fingerprint density at radius 3 is 2.27 bits per heavy atom. The van der Waals surface area contributed by atoms with Crippen LogP contribution in [0.5, 0.6) is 0 Å². The van der Waals surface area contributed by atoms with Crippen molar-refractivity contribution >= 4 is 70.1 Å². The number of ketones is 2. The number of Topliss-reactive ketones (excluding diaryl/α,β-unsaturated/α-hetero) is 2. The van der Waals surface area contributed by atoms with Gasteiger partial charge in [0.25, 0.3) is 5.91 Å². The van der Waals surface area contributed by atoms with Gasteiger partial charge in [-0.1, -0.05) is 79.9 Å². The summed E-state index contributed by atoms with van der Waals surface area (Å²) in [5, 5.41) is 23.5. The van der Waals surface area contributed by atoms with Gasteiger partial charge in [-0.3, -0.25) is 48.1 Å². The summed E-state index contributed by atoms with van der Waals surface area (Å²) < 4.78 is 11.2. The number of unbranched alkanes of at least 4 members (excludes halogenated alkanes) is 1. The van der Waals surface area contributed by atoms with Gasteiger partial charge in [-0.15, -0.1) is 11.3 Å². The highest BCUT2D eigenvalue weighted by Crippen LogP contribution is 2.33. The molecule has 19 nitrogen and oxygen atoms in total. The van der Waals surface area contributed by atoms with E-state index in [0.29, 0.717) is 69.0 Å². The Hall–Kier alpha value is -5.60. The Bertz CT molecular complexity index is 2340. The number of thiazole rings is 1. The van der Waals surface area contributed by atoms with Crippen LogP contribution >= 0.6 is 11.3 Å². The zero-order valence-electron chi connectivity index (χ0n) is 49.7. The van der Waals surface area contributed by atoms with Gasteiger partial charge < -0.3 is 40.7 Å². The molecular formula is C60H95N7O12S. The van der Waals surface area contributed by atoms with Gasteiger partial charge in [0.2, 0.25) is 23.6 Å². The van der Waals surface area contributed by atoms with Crippen molar-refractivity contribution in [3.63, 3.8) is 0 Å². The van der Waals surface area contributed by atoms with Crippen LogP contribution in [-0.4, -0.2) is 138 Å². The first kappa shape index (κ1) is 68.7. The number of nitrogens with zero attached hydrogens (tertiary/aromatic N) is 3. The van der Waals surface area contributed by atoms with Crippen molar-refractivity contribution in [2.45, 2.75) is 196 Å². The molecule has 3 rings (SSSR count). The summed E-state index contributed by atoms with van der Waals surface area (Å²) in [4.78, 5) is 126. The van der Waals surface area contributed by atoms with E-state index in [-0.39, 0.29) is 110 Å². The van der Waals surface area contributed by atoms with Crippen molar-refractivity contribution in [1.29, 1.82) is 0 Å². The highest BCUT2D eigenvalue weighted by atomic mass is 32.1. The summed E-state index contributed by atoms with van der Waals surface area (Å²) in [5.74, 6) is -4.88. The molecule has 0 bridgehead atoms. The van der Waals surface area contributed by atoms with Gasteiger partial charge in [0, 0.05) is 107 Å². The lowest BCUT2D eigenvalue weighted by atomic mass is 9.83. The van der Waals surface area contributed by atoms with Crippen LogP contribution < -0.4 is 21.3 Å². The molecule has 20 heteroatoms. The molecular weight excluding hydrogens is 1040 g/mol. The molecule has 1 aliphatic heterocycles. The smallest absolute Gasteiger partial charge is 0.306 e. The topological polar surface area (TPSA) is 260 Å². The molecule has 1 saturated heterocycles. The van der Waals surface area contributed by atoms with Gasteiger partial charge in [0.1, 0.15) is 16.5 Å². The average molecular weight is 1140 g/mol. The molecule has 80 heavy (non-hydrogen) atoms. The number of anilines is 1. The van der Waals surface area contributed by atoms with E-state index in [1.807, 2.05) is 60.7 Å². The van der Waals surface area contributed by atoms with Crippen LogP contribution in [0.4, 0.5) is 5.69 Å². The van der Waals surface area contributed by atoms with Gasteiger partial charge in [0.15, 0.2) is 11.9 Å². The number of hydrogen-bond acceptors (Lipinski definition) is 14. The van der Waals surface area contributed by atoms with Crippen molar-refractivity contribution in [2.24, 2.45) is 29.6 Å². The predicted molar refractivity (Wildman–Crippen MR) is 310 cm³/mol. The number of carbonyl (C=O) groups is 9. The third-order valence-electron chi connectivity index (χ3n) is 15.3. The van der Waals surface area contributed by atoms with Crippen molar-refractivity contribution < 1.29 is 57.7 Å². The van der Waals surface area contributed by atoms with Crippen LogP contribution in [0, 0.1) is 36.5 Å². The minimum Gasteiger partial charge on any atom is -0.481 e. The maximum atomic E-state index is 14.4. The summed E-state index contributed by atoms with van der Waals surface area (Å²) in [6.07, 6.45) is 7.08. The largest absolute Gasteiger partial charge is 0.481 e. The predicted octanol–water partition coefficient (Wildman–Crippen LogP) is 8.41. The fourth-order valence-electron chi connectivity index (χ4n) is 10.1. The number of amides is 5. The van der Waals surface area contributed by atoms with E-state index in [1.165, 1.54) is 6.92 Å². The molecule has 5 N–H and O–H groups in total. The Morgan fingerprint density at radius 2 is 1.62 bits per heavy atom. The summed E-state index contributed by atoms with van der Waals surface area (Å²) in [6.45, 7) is 19.0. The monoisotopic (exact) mass is 1140 g/mol. The highest BCUT2D eigenvalue weighted by Gasteiger charge is 2.38. The molecule has 8 atom stereocenters. The second-order valence-electron chi connectivity index (χ2n) is 22.3. The molecule has 448 valence electrons. The Morgan fingerprint density at radius 1 is 0.900 bits per heavy atom. The fraction of sp³-hybridized carbons (Fsp3) is 0.700. The minimum absolute atomic E-state index is 0.0148. The molecule has 0 spiro atoms. The maximum absolute atomic E-state index is 14.4. The quantitative estimate of drug-likeness (QED) is 0.0312. The van der Waals surface area contributed by atoms with Crippen LogP contribution in [0.15, 0.2) is 23.6 Å². The number of likely N-dealkylation sites (tertiary alicyclic amines) is 1. The van der Waals surface area contributed by atoms with Gasteiger partial charge in [0.05, 0.1) is 18.6 Å². The standard InChI is InChI=1S/C60H95N7O12S/c1-12-29-78-30-25-54(71)61-26-17-15-20-44(34-46(69)14-3)56(73)62-27-19-22-55(72)64-48-33-43(24-23-40(48)7)32-45(31-41(8)60(76)77)63-57(74)49-37-80-58(65-49)53(79-42(9)68)36-51(38(4)5)67(11)59(75)47(39(6)13-2)35-52(70)50-21-16-18-28-66(50)10/h23-24,33,37-39,41,44-45,47,50-51,53H,12-22,25-32,34-36H2,1-11H3,(H,61,71)(H,62,73)(H,63,74)(H,64,72)(H,76,77)/t39?,41?,44?,45-,47+,50?,51-,53-/m1/s1. The summed E-state index contributed by atoms with van der Waals surface area (Å²) in [7, 11) is 3.70. The Labute approximate surface area is 479 Å². The van der Waals surface area contributed by atoms with Crippen molar-refractivity contribution in [3.8, 4) is 0 Å². The second-order valence-corrected chi connectivity index (χ2v) is 23.2. The lowest BCUT2D eigenvalue weighted by molar-refractivity contribution is -0.149. The molecule has 1 aromatic heterocycles. The third kappa shape index (κ3) is 23.9. The fourth-order valence-corrected chi connectivity index (χ4v) is 11.0. The number of carboxylic acid groups (broad SMARTS) is 1. The molecule has 1 fully saturated rings. The summed E-state index contributed by atoms with van der Waals surface area (Å²) >= 11 is 1.14. The Balaban J connectivity index is 1.68. The first-order valence-electron chi connectivity index (χ1n) is 29.2. The number of hydrogen-bond donors (Lipinski definition) is 5. The number of aliphatic carboxylic acids is 1. The SMILES string of the molecule is CCCOCCC(=O)NCCCCC(CC(=O)CC)C(=O)NCCCC(=O)Nc1cc(C[C@@H](CC(C)C(=O)O)NC(=O)c2csc([C@@H](C[C@H](C(C)C)N(C)C(=O)[C@@H](CC(=O)C3CCCCN3C)C(C)CC)OC(C)=O)n2)ccc1C. The maximum Gasteiger partial charge on any atom is 0.306 e. The Kier molecular flexibility index (Phi) is 30.9. The molecule has 0 saturated carbocycles. The van der Waals surface area contributed by atoms with E-state index in [1.54, 1.807) is 37.2 Å². The number of benzene rings is 1. The first-order chi connectivity index (χ1) is 38.0. The number of ether oxygens (including phenoxy) is 2. The molecule has 0 aliphatic carbocycles. The number of aromatic nitrogens is 1. The molecule has 5 amide bonds. The molecule has 2 heterocycles. The number of nitrogens with one attached hydrogen (secondary N) is 4. The lowest BCUT2D eigenvalue weighted by Gasteiger charge is -2.37. The number of rotatable bonds is 38. The molecule has 2 aromatic rings. The van der Waals surface area contributed by atoms with Gasteiger partial charge >= 0.3 is 11.9 Å². The van der Waals surface area contributed by atoms with E-state index < -0.39 is 53.8 Å². The third-order valence-corrected chi connectivity index (χ3v) is 16.3. The van der Waals surface area contributed by atoms with Gasteiger partial charge in [-0.2, -0.15) is 0 Å². The average Bonchev–Trinajstić information content (AvgIpc) is 3.92. The van der Waals surface area contributed by atoms with Crippen molar-refractivity contribution in [3.05, 3.63) is 45.4 Å². The van der Waals surface area contributed by atoms with Gasteiger partial charge in [-0.25, -0.2) is 4.98 Å². The highest BCUT2D eigenvalue weighted by molar-refractivity contribution is 7.09. The van der Waals surface area contributed by atoms with Crippen molar-refractivity contribution in [1.82, 2.24) is 30.7 Å². The van der Waals surface area contributed by atoms with E-state index in [9.17, 15) is 48.3 Å². The van der Waals surface area contributed by atoms with Crippen LogP contribution in [0.2, 0.25) is 0 Å². The number of piperidine rings is 1. The zero-order chi connectivity index (χ0) is 59.5. The molecule has 1 aliphatic rings. The van der Waals surface area contributed by atoms with Crippen LogP contribution in [-0.2, 0) is 54.3 Å². The summed E-state index contributed by atoms with van der Waals surface area (Å²) in [5.41, 5.74) is 2.08. The number of carbonyl (C=O) groups excluding carboxylic acids is 8. The van der Waals surface area contributed by atoms with Gasteiger partial charge in [-0.05, 0) is 101 Å². The zero-order valence-corrected chi connectivity index (χ0v) is 50.6. The van der Waals surface area contributed by atoms with Crippen molar-refractivity contribution in [2.75, 3.05) is 52.3 Å². The molecule has 0 radical (unpaired) electrons.